The van der Waals surface area contributed by atoms with Crippen LogP contribution in [0.3, 0.4) is 0 Å². The fourth-order valence-corrected chi connectivity index (χ4v) is 4.49. The van der Waals surface area contributed by atoms with Gasteiger partial charge in [-0.1, -0.05) is 37.0 Å². The lowest BCUT2D eigenvalue weighted by atomic mass is 9.95. The van der Waals surface area contributed by atoms with Gasteiger partial charge in [-0.3, -0.25) is 9.52 Å². The number of hydrogen-bond acceptors (Lipinski definition) is 3. The Kier molecular flexibility index (Phi) is 5.85. The highest BCUT2D eigenvalue weighted by atomic mass is 32.2. The van der Waals surface area contributed by atoms with Crippen molar-refractivity contribution in [2.75, 3.05) is 4.72 Å². The molecule has 1 aliphatic rings. The second-order valence-corrected chi connectivity index (χ2v) is 8.94. The highest BCUT2D eigenvalue weighted by Crippen LogP contribution is 2.22. The van der Waals surface area contributed by atoms with Crippen LogP contribution in [-0.2, 0) is 10.0 Å². The third-order valence-electron chi connectivity index (χ3n) is 5.00. The number of sulfonamides is 1. The Hall–Kier alpha value is -2.34. The van der Waals surface area contributed by atoms with E-state index < -0.39 is 10.0 Å². The molecule has 0 unspecified atom stereocenters. The molecule has 144 valence electrons. The van der Waals surface area contributed by atoms with E-state index in [0.717, 1.165) is 31.2 Å². The topological polar surface area (TPSA) is 75.3 Å². The molecular weight excluding hydrogens is 360 g/mol. The first kappa shape index (κ1) is 19.4. The molecule has 2 aromatic carbocycles. The summed E-state index contributed by atoms with van der Waals surface area (Å²) >= 11 is 0. The molecule has 0 aromatic heterocycles. The molecule has 0 atom stereocenters. The third kappa shape index (κ3) is 4.89. The SMILES string of the molecule is Cc1ccc(S(=O)(=O)Nc2ccc(C(=O)NC3CCCCC3)cc2C)cc1. The van der Waals surface area contributed by atoms with Crippen LogP contribution in [0.5, 0.6) is 0 Å². The van der Waals surface area contributed by atoms with E-state index in [1.54, 1.807) is 49.4 Å². The number of nitrogens with one attached hydrogen (secondary N) is 2. The first-order valence-electron chi connectivity index (χ1n) is 9.36. The number of anilines is 1. The van der Waals surface area contributed by atoms with Gasteiger partial charge in [-0.05, 0) is 62.6 Å². The van der Waals surface area contributed by atoms with Gasteiger partial charge in [0.2, 0.25) is 0 Å². The van der Waals surface area contributed by atoms with Crippen LogP contribution in [0.2, 0.25) is 0 Å². The summed E-state index contributed by atoms with van der Waals surface area (Å²) in [6.45, 7) is 3.70. The van der Waals surface area contributed by atoms with E-state index in [1.807, 2.05) is 6.92 Å². The van der Waals surface area contributed by atoms with Crippen molar-refractivity contribution in [3.05, 3.63) is 59.2 Å². The molecule has 1 fully saturated rings. The van der Waals surface area contributed by atoms with Crippen LogP contribution in [0.1, 0.15) is 53.6 Å². The van der Waals surface area contributed by atoms with Gasteiger partial charge < -0.3 is 5.32 Å². The first-order chi connectivity index (χ1) is 12.8. The minimum Gasteiger partial charge on any atom is -0.349 e. The van der Waals surface area contributed by atoms with Gasteiger partial charge >= 0.3 is 0 Å². The minimum atomic E-state index is -3.66. The van der Waals surface area contributed by atoms with Crippen LogP contribution in [-0.4, -0.2) is 20.4 Å². The number of aryl methyl sites for hydroxylation is 2. The van der Waals surface area contributed by atoms with Crippen molar-refractivity contribution in [2.45, 2.75) is 56.9 Å². The molecule has 6 heteroatoms. The molecule has 1 aliphatic carbocycles. The molecule has 2 aromatic rings. The Morgan fingerprint density at radius 1 is 0.963 bits per heavy atom. The van der Waals surface area contributed by atoms with Gasteiger partial charge in [0.15, 0.2) is 0 Å². The zero-order valence-corrected chi connectivity index (χ0v) is 16.6. The Balaban J connectivity index is 1.72. The quantitative estimate of drug-likeness (QED) is 0.810. The average Bonchev–Trinajstić information content (AvgIpc) is 2.64. The van der Waals surface area contributed by atoms with Crippen molar-refractivity contribution in [1.29, 1.82) is 0 Å². The summed E-state index contributed by atoms with van der Waals surface area (Å²) in [4.78, 5) is 12.7. The molecule has 1 amide bonds. The van der Waals surface area contributed by atoms with Gasteiger partial charge in [0, 0.05) is 11.6 Å². The van der Waals surface area contributed by atoms with E-state index in [9.17, 15) is 13.2 Å². The maximum atomic E-state index is 12.6. The highest BCUT2D eigenvalue weighted by Gasteiger charge is 2.18. The number of benzene rings is 2. The molecule has 5 nitrogen and oxygen atoms in total. The van der Waals surface area contributed by atoms with Gasteiger partial charge in [-0.25, -0.2) is 8.42 Å². The summed E-state index contributed by atoms with van der Waals surface area (Å²) in [5.41, 5.74) is 2.74. The summed E-state index contributed by atoms with van der Waals surface area (Å²) in [6.07, 6.45) is 5.60. The van der Waals surface area contributed by atoms with Crippen molar-refractivity contribution >= 4 is 21.6 Å². The van der Waals surface area contributed by atoms with Gasteiger partial charge in [-0.2, -0.15) is 0 Å². The normalized spacial score (nSPS) is 15.3. The average molecular weight is 387 g/mol. The molecule has 0 aliphatic heterocycles. The highest BCUT2D eigenvalue weighted by molar-refractivity contribution is 7.92. The number of carbonyl (C=O) groups is 1. The predicted octanol–water partition coefficient (Wildman–Crippen LogP) is 4.17. The zero-order valence-electron chi connectivity index (χ0n) is 15.8. The minimum absolute atomic E-state index is 0.0991. The van der Waals surface area contributed by atoms with Crippen LogP contribution < -0.4 is 10.0 Å². The predicted molar refractivity (Wildman–Crippen MR) is 108 cm³/mol. The monoisotopic (exact) mass is 386 g/mol. The van der Waals surface area contributed by atoms with Crippen molar-refractivity contribution in [3.8, 4) is 0 Å². The molecule has 0 spiro atoms. The summed E-state index contributed by atoms with van der Waals surface area (Å²) in [7, 11) is -3.66. The van der Waals surface area contributed by atoms with Gasteiger partial charge in [0.25, 0.3) is 15.9 Å². The van der Waals surface area contributed by atoms with Crippen LogP contribution in [0.25, 0.3) is 0 Å². The molecule has 0 heterocycles. The van der Waals surface area contributed by atoms with Crippen molar-refractivity contribution in [3.63, 3.8) is 0 Å². The molecule has 0 radical (unpaired) electrons. The fourth-order valence-electron chi connectivity index (χ4n) is 3.36. The lowest BCUT2D eigenvalue weighted by molar-refractivity contribution is 0.0927. The molecule has 1 saturated carbocycles. The summed E-state index contributed by atoms with van der Waals surface area (Å²) in [6, 6.07) is 12.0. The van der Waals surface area contributed by atoms with E-state index in [1.165, 1.54) is 6.42 Å². The Bertz CT molecular complexity index is 915. The fraction of sp³-hybridized carbons (Fsp3) is 0.381. The third-order valence-corrected chi connectivity index (χ3v) is 6.39. The summed E-state index contributed by atoms with van der Waals surface area (Å²) < 4.78 is 27.7. The first-order valence-corrected chi connectivity index (χ1v) is 10.8. The van der Waals surface area contributed by atoms with Gasteiger partial charge in [0.1, 0.15) is 0 Å². The number of carbonyl (C=O) groups excluding carboxylic acids is 1. The van der Waals surface area contributed by atoms with Crippen molar-refractivity contribution in [1.82, 2.24) is 5.32 Å². The molecule has 3 rings (SSSR count). The maximum Gasteiger partial charge on any atom is 0.261 e. The number of hydrogen-bond donors (Lipinski definition) is 2. The van der Waals surface area contributed by atoms with E-state index >= 15 is 0 Å². The Labute approximate surface area is 161 Å². The second-order valence-electron chi connectivity index (χ2n) is 7.26. The van der Waals surface area contributed by atoms with E-state index in [-0.39, 0.29) is 16.8 Å². The maximum absolute atomic E-state index is 12.6. The second kappa shape index (κ2) is 8.13. The van der Waals surface area contributed by atoms with Crippen molar-refractivity contribution in [2.24, 2.45) is 0 Å². The van der Waals surface area contributed by atoms with E-state index in [2.05, 4.69) is 10.0 Å². The van der Waals surface area contributed by atoms with E-state index in [0.29, 0.717) is 16.8 Å². The van der Waals surface area contributed by atoms with Crippen LogP contribution in [0.15, 0.2) is 47.4 Å². The standard InChI is InChI=1S/C21H26N2O3S/c1-15-8-11-19(12-9-15)27(25,26)23-20-13-10-17(14-16(20)2)21(24)22-18-6-4-3-5-7-18/h8-14,18,23H,3-7H2,1-2H3,(H,22,24). The molecule has 0 bridgehead atoms. The van der Waals surface area contributed by atoms with Gasteiger partial charge in [-0.15, -0.1) is 0 Å². The summed E-state index contributed by atoms with van der Waals surface area (Å²) in [5.74, 6) is -0.0991. The van der Waals surface area contributed by atoms with Crippen LogP contribution in [0, 0.1) is 13.8 Å². The Morgan fingerprint density at radius 2 is 1.63 bits per heavy atom. The molecule has 0 saturated heterocycles. The molecular formula is C21H26N2O3S. The molecule has 27 heavy (non-hydrogen) atoms. The summed E-state index contributed by atoms with van der Waals surface area (Å²) in [5, 5.41) is 3.08. The lowest BCUT2D eigenvalue weighted by Gasteiger charge is -2.23. The number of amides is 1. The molecule has 2 N–H and O–H groups in total. The van der Waals surface area contributed by atoms with Crippen molar-refractivity contribution < 1.29 is 13.2 Å². The van der Waals surface area contributed by atoms with Gasteiger partial charge in [0.05, 0.1) is 10.6 Å². The smallest absolute Gasteiger partial charge is 0.261 e. The van der Waals surface area contributed by atoms with Crippen LogP contribution in [0.4, 0.5) is 5.69 Å². The lowest BCUT2D eigenvalue weighted by Crippen LogP contribution is -2.36. The number of rotatable bonds is 5. The van der Waals surface area contributed by atoms with Crippen LogP contribution >= 0.6 is 0 Å². The Morgan fingerprint density at radius 3 is 2.26 bits per heavy atom. The van der Waals surface area contributed by atoms with E-state index in [4.69, 9.17) is 0 Å². The largest absolute Gasteiger partial charge is 0.349 e. The zero-order chi connectivity index (χ0) is 19.4.